The molecular weight excluding hydrogens is 348 g/mol. The number of hydroxylamine groups is 1. The molecule has 1 N–H and O–H groups in total. The Morgan fingerprint density at radius 1 is 1.04 bits per heavy atom. The van der Waals surface area contributed by atoms with Crippen molar-refractivity contribution in [3.05, 3.63) is 66.4 Å². The summed E-state index contributed by atoms with van der Waals surface area (Å²) in [4.78, 5) is 17.0. The molecule has 0 aliphatic heterocycles. The second kappa shape index (κ2) is 9.40. The van der Waals surface area contributed by atoms with Crippen LogP contribution in [0.5, 0.6) is 11.5 Å². The highest BCUT2D eigenvalue weighted by Crippen LogP contribution is 2.24. The van der Waals surface area contributed by atoms with Crippen LogP contribution in [0.25, 0.3) is 11.3 Å². The van der Waals surface area contributed by atoms with Crippen LogP contribution in [0.1, 0.15) is 5.69 Å². The summed E-state index contributed by atoms with van der Waals surface area (Å²) >= 11 is 0. The SMILES string of the molecule is COc1cccc(-c2cc(CC(=O)NOCCOc3ccccc3)no2)c1. The zero-order chi connectivity index (χ0) is 18.9. The molecule has 0 spiro atoms. The second-order valence-electron chi connectivity index (χ2n) is 5.63. The van der Waals surface area contributed by atoms with Gasteiger partial charge in [0.05, 0.1) is 19.2 Å². The smallest absolute Gasteiger partial charge is 0.249 e. The average molecular weight is 368 g/mol. The molecule has 0 aliphatic carbocycles. The molecule has 0 fully saturated rings. The van der Waals surface area contributed by atoms with E-state index in [-0.39, 0.29) is 18.9 Å². The van der Waals surface area contributed by atoms with Gasteiger partial charge in [0, 0.05) is 11.6 Å². The third-order valence-corrected chi connectivity index (χ3v) is 3.64. The van der Waals surface area contributed by atoms with Gasteiger partial charge < -0.3 is 14.0 Å². The summed E-state index contributed by atoms with van der Waals surface area (Å²) in [5.74, 6) is 1.71. The minimum absolute atomic E-state index is 0.0486. The molecule has 0 atom stereocenters. The molecule has 2 aromatic carbocycles. The van der Waals surface area contributed by atoms with E-state index in [1.807, 2.05) is 54.6 Å². The zero-order valence-corrected chi connectivity index (χ0v) is 14.9. The molecule has 7 heteroatoms. The Labute approximate surface area is 156 Å². The van der Waals surface area contributed by atoms with Crippen molar-refractivity contribution in [2.24, 2.45) is 0 Å². The average Bonchev–Trinajstić information content (AvgIpc) is 3.17. The van der Waals surface area contributed by atoms with Crippen molar-refractivity contribution in [2.45, 2.75) is 6.42 Å². The highest BCUT2D eigenvalue weighted by molar-refractivity contribution is 5.77. The van der Waals surface area contributed by atoms with Gasteiger partial charge in [-0.15, -0.1) is 0 Å². The molecule has 7 nitrogen and oxygen atoms in total. The maximum absolute atomic E-state index is 11.9. The van der Waals surface area contributed by atoms with Gasteiger partial charge in [0.1, 0.15) is 24.7 Å². The van der Waals surface area contributed by atoms with Crippen LogP contribution in [-0.2, 0) is 16.1 Å². The number of amides is 1. The summed E-state index contributed by atoms with van der Waals surface area (Å²) in [6, 6.07) is 18.5. The fourth-order valence-corrected chi connectivity index (χ4v) is 2.36. The Kier molecular flexibility index (Phi) is 6.43. The Morgan fingerprint density at radius 2 is 1.85 bits per heavy atom. The van der Waals surface area contributed by atoms with E-state index in [0.717, 1.165) is 11.3 Å². The first-order valence-electron chi connectivity index (χ1n) is 8.43. The number of nitrogens with one attached hydrogen (secondary N) is 1. The van der Waals surface area contributed by atoms with Crippen LogP contribution >= 0.6 is 0 Å². The van der Waals surface area contributed by atoms with E-state index in [1.54, 1.807) is 13.2 Å². The Morgan fingerprint density at radius 3 is 2.67 bits per heavy atom. The number of carbonyl (C=O) groups excluding carboxylic acids is 1. The lowest BCUT2D eigenvalue weighted by molar-refractivity contribution is -0.133. The first kappa shape index (κ1) is 18.5. The Balaban J connectivity index is 1.41. The van der Waals surface area contributed by atoms with E-state index in [1.165, 1.54) is 0 Å². The lowest BCUT2D eigenvalue weighted by Gasteiger charge is -2.07. The summed E-state index contributed by atoms with van der Waals surface area (Å²) in [6.07, 6.45) is 0.0486. The van der Waals surface area contributed by atoms with Crippen LogP contribution in [0.3, 0.4) is 0 Å². The molecule has 27 heavy (non-hydrogen) atoms. The minimum atomic E-state index is -0.319. The van der Waals surface area contributed by atoms with Crippen molar-refractivity contribution in [2.75, 3.05) is 20.3 Å². The molecule has 0 saturated carbocycles. The molecule has 1 amide bonds. The van der Waals surface area contributed by atoms with E-state index in [0.29, 0.717) is 23.8 Å². The summed E-state index contributed by atoms with van der Waals surface area (Å²) in [7, 11) is 1.60. The first-order chi connectivity index (χ1) is 13.2. The molecule has 3 rings (SSSR count). The summed E-state index contributed by atoms with van der Waals surface area (Å²) in [5.41, 5.74) is 3.69. The number of carbonyl (C=O) groups is 1. The molecule has 140 valence electrons. The molecule has 3 aromatic rings. The predicted molar refractivity (Wildman–Crippen MR) is 98.2 cm³/mol. The van der Waals surface area contributed by atoms with Gasteiger partial charge in [-0.3, -0.25) is 9.63 Å². The van der Waals surface area contributed by atoms with Gasteiger partial charge >= 0.3 is 0 Å². The van der Waals surface area contributed by atoms with E-state index in [2.05, 4.69) is 10.6 Å². The van der Waals surface area contributed by atoms with Gasteiger partial charge in [0.25, 0.3) is 0 Å². The van der Waals surface area contributed by atoms with Crippen LogP contribution in [0, 0.1) is 0 Å². The standard InChI is InChI=1S/C20H20N2O5/c1-24-18-9-5-6-15(12-18)19-13-16(21-27-19)14-20(23)22-26-11-10-25-17-7-3-2-4-8-17/h2-9,12-13H,10-11,14H2,1H3,(H,22,23). The molecule has 0 radical (unpaired) electrons. The lowest BCUT2D eigenvalue weighted by Crippen LogP contribution is -2.27. The van der Waals surface area contributed by atoms with Gasteiger partial charge in [-0.05, 0) is 24.3 Å². The number of aromatic nitrogens is 1. The first-order valence-corrected chi connectivity index (χ1v) is 8.43. The fourth-order valence-electron chi connectivity index (χ4n) is 2.36. The van der Waals surface area contributed by atoms with Crippen molar-refractivity contribution in [3.63, 3.8) is 0 Å². The largest absolute Gasteiger partial charge is 0.497 e. The number of benzene rings is 2. The second-order valence-corrected chi connectivity index (χ2v) is 5.63. The number of hydrogen-bond donors (Lipinski definition) is 1. The minimum Gasteiger partial charge on any atom is -0.497 e. The Bertz CT molecular complexity index is 864. The number of nitrogens with zero attached hydrogens (tertiary/aromatic N) is 1. The van der Waals surface area contributed by atoms with Gasteiger partial charge in [-0.25, -0.2) is 5.48 Å². The highest BCUT2D eigenvalue weighted by Gasteiger charge is 2.11. The Hall–Kier alpha value is -3.32. The molecule has 1 aromatic heterocycles. The number of hydrogen-bond acceptors (Lipinski definition) is 6. The van der Waals surface area contributed by atoms with Crippen molar-refractivity contribution >= 4 is 5.91 Å². The van der Waals surface area contributed by atoms with E-state index < -0.39 is 0 Å². The highest BCUT2D eigenvalue weighted by atomic mass is 16.7. The van der Waals surface area contributed by atoms with E-state index in [4.69, 9.17) is 18.8 Å². The third kappa shape index (κ3) is 5.58. The summed E-state index contributed by atoms with van der Waals surface area (Å²) in [6.45, 7) is 0.558. The summed E-state index contributed by atoms with van der Waals surface area (Å²) in [5, 5.41) is 3.92. The third-order valence-electron chi connectivity index (χ3n) is 3.64. The normalized spacial score (nSPS) is 10.4. The lowest BCUT2D eigenvalue weighted by atomic mass is 10.1. The number of ether oxygens (including phenoxy) is 2. The van der Waals surface area contributed by atoms with Gasteiger partial charge in [-0.2, -0.15) is 0 Å². The van der Waals surface area contributed by atoms with E-state index >= 15 is 0 Å². The van der Waals surface area contributed by atoms with Crippen LogP contribution in [-0.4, -0.2) is 31.4 Å². The van der Waals surface area contributed by atoms with Crippen molar-refractivity contribution in [1.29, 1.82) is 0 Å². The maximum atomic E-state index is 11.9. The van der Waals surface area contributed by atoms with Gasteiger partial charge in [0.2, 0.25) is 5.91 Å². The number of rotatable bonds is 9. The van der Waals surface area contributed by atoms with Crippen LogP contribution < -0.4 is 15.0 Å². The molecule has 0 bridgehead atoms. The zero-order valence-electron chi connectivity index (χ0n) is 14.9. The van der Waals surface area contributed by atoms with Crippen LogP contribution in [0.4, 0.5) is 0 Å². The quantitative estimate of drug-likeness (QED) is 0.462. The van der Waals surface area contributed by atoms with Crippen LogP contribution in [0.2, 0.25) is 0 Å². The van der Waals surface area contributed by atoms with Crippen LogP contribution in [0.15, 0.2) is 65.2 Å². The number of para-hydroxylation sites is 1. The fraction of sp³-hybridized carbons (Fsp3) is 0.200. The van der Waals surface area contributed by atoms with Gasteiger partial charge in [-0.1, -0.05) is 35.5 Å². The summed E-state index contributed by atoms with van der Waals surface area (Å²) < 4.78 is 15.9. The predicted octanol–water partition coefficient (Wildman–Crippen LogP) is 3.02. The molecule has 1 heterocycles. The number of methoxy groups -OCH3 is 1. The van der Waals surface area contributed by atoms with Gasteiger partial charge in [0.15, 0.2) is 5.76 Å². The molecule has 0 unspecified atom stereocenters. The van der Waals surface area contributed by atoms with Crippen molar-refractivity contribution < 1.29 is 23.6 Å². The van der Waals surface area contributed by atoms with E-state index in [9.17, 15) is 4.79 Å². The molecular formula is C20H20N2O5. The maximum Gasteiger partial charge on any atom is 0.249 e. The van der Waals surface area contributed by atoms with Crippen molar-refractivity contribution in [3.8, 4) is 22.8 Å². The molecule has 0 saturated heterocycles. The van der Waals surface area contributed by atoms with Crippen molar-refractivity contribution in [1.82, 2.24) is 10.6 Å². The monoisotopic (exact) mass is 368 g/mol. The molecule has 0 aliphatic rings. The topological polar surface area (TPSA) is 82.8 Å².